The molecule has 0 radical (unpaired) electrons. The van der Waals surface area contributed by atoms with Gasteiger partial charge in [0.15, 0.2) is 0 Å². The number of rotatable bonds is 5. The first-order chi connectivity index (χ1) is 9.03. The molecular weight excluding hydrogens is 252 g/mol. The molecule has 0 amide bonds. The van der Waals surface area contributed by atoms with E-state index in [9.17, 15) is 0 Å². The van der Waals surface area contributed by atoms with E-state index < -0.39 is 8.32 Å². The molecule has 1 aromatic heterocycles. The maximum atomic E-state index is 6.21. The van der Waals surface area contributed by atoms with E-state index in [1.165, 1.54) is 37.0 Å². The average molecular weight is 278 g/mol. The summed E-state index contributed by atoms with van der Waals surface area (Å²) in [4.78, 5) is 0. The highest BCUT2D eigenvalue weighted by atomic mass is 28.4. The molecule has 1 aromatic rings. The molecule has 106 valence electrons. The van der Waals surface area contributed by atoms with E-state index in [1.54, 1.807) is 6.26 Å². The number of furan rings is 1. The van der Waals surface area contributed by atoms with Gasteiger partial charge in [-0.15, -0.1) is 0 Å². The zero-order valence-corrected chi connectivity index (χ0v) is 13.4. The Kier molecular flexibility index (Phi) is 4.91. The molecule has 2 rings (SSSR count). The summed E-state index contributed by atoms with van der Waals surface area (Å²) in [6.45, 7) is 6.79. The van der Waals surface area contributed by atoms with Gasteiger partial charge in [0.2, 0.25) is 8.32 Å². The van der Waals surface area contributed by atoms with Crippen molar-refractivity contribution in [2.75, 3.05) is 0 Å². The highest BCUT2D eigenvalue weighted by molar-refractivity contribution is 6.70. The van der Waals surface area contributed by atoms with Crippen LogP contribution in [0.15, 0.2) is 34.8 Å². The SMILES string of the molecule is C[Si](C)(C)OC1=CC(CCc2ccoc2)CCCC1. The summed E-state index contributed by atoms with van der Waals surface area (Å²) >= 11 is 0. The first-order valence-corrected chi connectivity index (χ1v) is 10.8. The molecule has 0 aromatic carbocycles. The van der Waals surface area contributed by atoms with E-state index in [-0.39, 0.29) is 0 Å². The highest BCUT2D eigenvalue weighted by Gasteiger charge is 2.20. The van der Waals surface area contributed by atoms with Crippen molar-refractivity contribution in [3.63, 3.8) is 0 Å². The average Bonchev–Trinajstić information content (AvgIpc) is 2.73. The van der Waals surface area contributed by atoms with Crippen molar-refractivity contribution in [1.82, 2.24) is 0 Å². The second-order valence-corrected chi connectivity index (χ2v) is 11.0. The van der Waals surface area contributed by atoms with Gasteiger partial charge >= 0.3 is 0 Å². The summed E-state index contributed by atoms with van der Waals surface area (Å²) in [5, 5.41) is 0. The van der Waals surface area contributed by atoms with Gasteiger partial charge in [0.05, 0.1) is 18.3 Å². The Morgan fingerprint density at radius 2 is 2.16 bits per heavy atom. The molecule has 0 aliphatic heterocycles. The van der Waals surface area contributed by atoms with Gasteiger partial charge in [-0.05, 0) is 68.9 Å². The largest absolute Gasteiger partial charge is 0.548 e. The Hall–Kier alpha value is -0.963. The van der Waals surface area contributed by atoms with Crippen LogP contribution in [-0.2, 0) is 10.8 Å². The standard InChI is InChI=1S/C16H26O2Si/c1-19(2,3)18-16-7-5-4-6-14(12-16)8-9-15-10-11-17-13-15/h10-14H,4-9H2,1-3H3. The molecule has 0 fully saturated rings. The van der Waals surface area contributed by atoms with Crippen LogP contribution in [0.2, 0.25) is 19.6 Å². The molecule has 0 bridgehead atoms. The molecule has 19 heavy (non-hydrogen) atoms. The molecule has 1 heterocycles. The summed E-state index contributed by atoms with van der Waals surface area (Å²) in [6, 6.07) is 2.07. The van der Waals surface area contributed by atoms with Crippen LogP contribution in [0.5, 0.6) is 0 Å². The van der Waals surface area contributed by atoms with Gasteiger partial charge in [0.1, 0.15) is 0 Å². The number of hydrogen-bond donors (Lipinski definition) is 0. The van der Waals surface area contributed by atoms with E-state index >= 15 is 0 Å². The van der Waals surface area contributed by atoms with Crippen LogP contribution in [0, 0.1) is 5.92 Å². The zero-order valence-electron chi connectivity index (χ0n) is 12.4. The Bertz CT molecular complexity index is 401. The second kappa shape index (κ2) is 6.46. The number of aryl methyl sites for hydroxylation is 1. The molecule has 3 heteroatoms. The Labute approximate surface area is 118 Å². The quantitative estimate of drug-likeness (QED) is 0.696. The van der Waals surface area contributed by atoms with Gasteiger partial charge in [-0.3, -0.25) is 0 Å². The molecule has 1 atom stereocenters. The van der Waals surface area contributed by atoms with Gasteiger partial charge in [-0.2, -0.15) is 0 Å². The maximum absolute atomic E-state index is 6.21. The molecule has 1 aliphatic carbocycles. The third kappa shape index (κ3) is 5.27. The van der Waals surface area contributed by atoms with Crippen LogP contribution < -0.4 is 0 Å². The lowest BCUT2D eigenvalue weighted by Gasteiger charge is -2.22. The molecule has 0 saturated carbocycles. The topological polar surface area (TPSA) is 22.4 Å². The predicted molar refractivity (Wildman–Crippen MR) is 81.5 cm³/mol. The zero-order chi connectivity index (χ0) is 13.7. The minimum absolute atomic E-state index is 0.670. The monoisotopic (exact) mass is 278 g/mol. The van der Waals surface area contributed by atoms with Crippen molar-refractivity contribution in [3.05, 3.63) is 36.0 Å². The van der Waals surface area contributed by atoms with Gasteiger partial charge in [-0.1, -0.05) is 6.42 Å². The normalized spacial score (nSPS) is 20.8. The van der Waals surface area contributed by atoms with E-state index in [0.717, 1.165) is 12.8 Å². The third-order valence-electron chi connectivity index (χ3n) is 3.49. The second-order valence-electron chi connectivity index (χ2n) is 6.52. The van der Waals surface area contributed by atoms with Gasteiger partial charge in [0, 0.05) is 6.42 Å². The van der Waals surface area contributed by atoms with Crippen LogP contribution >= 0.6 is 0 Å². The highest BCUT2D eigenvalue weighted by Crippen LogP contribution is 2.27. The molecule has 2 nitrogen and oxygen atoms in total. The molecule has 0 saturated heterocycles. The summed E-state index contributed by atoms with van der Waals surface area (Å²) < 4.78 is 11.3. The Morgan fingerprint density at radius 1 is 1.32 bits per heavy atom. The molecular formula is C16H26O2Si. The molecule has 0 spiro atoms. The van der Waals surface area contributed by atoms with Crippen LogP contribution in [0.25, 0.3) is 0 Å². The number of hydrogen-bond acceptors (Lipinski definition) is 2. The molecule has 1 unspecified atom stereocenters. The van der Waals surface area contributed by atoms with Crippen LogP contribution in [-0.4, -0.2) is 8.32 Å². The van der Waals surface area contributed by atoms with Crippen LogP contribution in [0.3, 0.4) is 0 Å². The predicted octanol–water partition coefficient (Wildman–Crippen LogP) is 5.14. The summed E-state index contributed by atoms with van der Waals surface area (Å²) in [5.41, 5.74) is 1.31. The fourth-order valence-electron chi connectivity index (χ4n) is 2.63. The maximum Gasteiger partial charge on any atom is 0.241 e. The third-order valence-corrected chi connectivity index (χ3v) is 4.37. The van der Waals surface area contributed by atoms with Crippen molar-refractivity contribution in [1.29, 1.82) is 0 Å². The van der Waals surface area contributed by atoms with Crippen LogP contribution in [0.4, 0.5) is 0 Å². The smallest absolute Gasteiger partial charge is 0.241 e. The van der Waals surface area contributed by atoms with E-state index in [0.29, 0.717) is 5.92 Å². The van der Waals surface area contributed by atoms with Crippen molar-refractivity contribution < 1.29 is 8.84 Å². The van der Waals surface area contributed by atoms with E-state index in [2.05, 4.69) is 31.8 Å². The minimum Gasteiger partial charge on any atom is -0.548 e. The van der Waals surface area contributed by atoms with Crippen molar-refractivity contribution in [2.45, 2.75) is 58.2 Å². The van der Waals surface area contributed by atoms with Crippen molar-refractivity contribution in [2.24, 2.45) is 5.92 Å². The first-order valence-electron chi connectivity index (χ1n) is 7.44. The summed E-state index contributed by atoms with van der Waals surface area (Å²) in [6.07, 6.45) is 13.4. The van der Waals surface area contributed by atoms with E-state index in [4.69, 9.17) is 8.84 Å². The van der Waals surface area contributed by atoms with Crippen LogP contribution in [0.1, 0.15) is 37.7 Å². The Balaban J connectivity index is 1.92. The summed E-state index contributed by atoms with van der Waals surface area (Å²) in [7, 11) is -1.46. The lowest BCUT2D eigenvalue weighted by Crippen LogP contribution is -2.25. The lowest BCUT2D eigenvalue weighted by molar-refractivity contribution is 0.394. The van der Waals surface area contributed by atoms with Gasteiger partial charge in [-0.25, -0.2) is 0 Å². The van der Waals surface area contributed by atoms with E-state index in [1.807, 2.05) is 6.26 Å². The fourth-order valence-corrected chi connectivity index (χ4v) is 3.58. The van der Waals surface area contributed by atoms with Gasteiger partial charge < -0.3 is 8.84 Å². The lowest BCUT2D eigenvalue weighted by atomic mass is 9.96. The number of allylic oxidation sites excluding steroid dienone is 2. The summed E-state index contributed by atoms with van der Waals surface area (Å²) in [5.74, 6) is 1.93. The van der Waals surface area contributed by atoms with Crippen molar-refractivity contribution >= 4 is 8.32 Å². The molecule has 0 N–H and O–H groups in total. The van der Waals surface area contributed by atoms with Crippen molar-refractivity contribution in [3.8, 4) is 0 Å². The Morgan fingerprint density at radius 3 is 2.84 bits per heavy atom. The minimum atomic E-state index is -1.46. The fraction of sp³-hybridized carbons (Fsp3) is 0.625. The first kappa shape index (κ1) is 14.4. The molecule has 1 aliphatic rings. The van der Waals surface area contributed by atoms with Gasteiger partial charge in [0.25, 0.3) is 0 Å².